The first-order valence-electron chi connectivity index (χ1n) is 7.51. The van der Waals surface area contributed by atoms with Crippen LogP contribution in [0.25, 0.3) is 0 Å². The van der Waals surface area contributed by atoms with E-state index in [-0.39, 0.29) is 12.5 Å². The van der Waals surface area contributed by atoms with Gasteiger partial charge in [-0.2, -0.15) is 0 Å². The maximum Gasteiger partial charge on any atom is 0.238 e. The number of carbonyl (C=O) groups is 1. The normalized spacial score (nSPS) is 14.8. The molecule has 1 fully saturated rings. The van der Waals surface area contributed by atoms with Crippen LogP contribution < -0.4 is 10.1 Å². The SMILES string of the molecule is COc1ccc(NC(=O)CN(CCCO)C2CCC2)cc1. The molecule has 116 valence electrons. The van der Waals surface area contributed by atoms with Crippen LogP contribution in [-0.4, -0.2) is 48.8 Å². The fraction of sp³-hybridized carbons (Fsp3) is 0.562. The molecule has 2 rings (SSSR count). The second-order valence-electron chi connectivity index (χ2n) is 5.41. The first-order valence-corrected chi connectivity index (χ1v) is 7.51. The Balaban J connectivity index is 1.85. The number of methoxy groups -OCH3 is 1. The number of anilines is 1. The molecular formula is C16H24N2O3. The van der Waals surface area contributed by atoms with Crippen molar-refractivity contribution in [2.75, 3.05) is 32.1 Å². The van der Waals surface area contributed by atoms with E-state index in [4.69, 9.17) is 9.84 Å². The molecule has 0 atom stereocenters. The molecule has 5 nitrogen and oxygen atoms in total. The molecule has 1 saturated carbocycles. The van der Waals surface area contributed by atoms with Gasteiger partial charge in [0, 0.05) is 24.9 Å². The van der Waals surface area contributed by atoms with Crippen LogP contribution in [0.5, 0.6) is 5.75 Å². The van der Waals surface area contributed by atoms with Crippen molar-refractivity contribution in [2.45, 2.75) is 31.7 Å². The van der Waals surface area contributed by atoms with Crippen LogP contribution in [0.2, 0.25) is 0 Å². The summed E-state index contributed by atoms with van der Waals surface area (Å²) in [6, 6.07) is 7.81. The summed E-state index contributed by atoms with van der Waals surface area (Å²) in [7, 11) is 1.62. The molecule has 2 N–H and O–H groups in total. The van der Waals surface area contributed by atoms with Crippen molar-refractivity contribution in [2.24, 2.45) is 0 Å². The van der Waals surface area contributed by atoms with Gasteiger partial charge in [-0.1, -0.05) is 6.42 Å². The molecule has 0 aliphatic heterocycles. The maximum absolute atomic E-state index is 12.1. The highest BCUT2D eigenvalue weighted by atomic mass is 16.5. The summed E-state index contributed by atoms with van der Waals surface area (Å²) in [4.78, 5) is 14.3. The van der Waals surface area contributed by atoms with Gasteiger partial charge in [0.15, 0.2) is 0 Å². The standard InChI is InChI=1S/C16H24N2O3/c1-21-15-8-6-13(7-9-15)17-16(20)12-18(10-3-11-19)14-4-2-5-14/h6-9,14,19H,2-5,10-12H2,1H3,(H,17,20). The highest BCUT2D eigenvalue weighted by Crippen LogP contribution is 2.24. The number of nitrogens with zero attached hydrogens (tertiary/aromatic N) is 1. The van der Waals surface area contributed by atoms with Crippen molar-refractivity contribution >= 4 is 11.6 Å². The molecular weight excluding hydrogens is 268 g/mol. The van der Waals surface area contributed by atoms with E-state index in [1.165, 1.54) is 6.42 Å². The Bertz CT molecular complexity index is 443. The monoisotopic (exact) mass is 292 g/mol. The van der Waals surface area contributed by atoms with E-state index in [9.17, 15) is 4.79 Å². The van der Waals surface area contributed by atoms with Crippen molar-refractivity contribution in [1.29, 1.82) is 0 Å². The smallest absolute Gasteiger partial charge is 0.238 e. The number of hydrogen-bond donors (Lipinski definition) is 2. The molecule has 0 saturated heterocycles. The fourth-order valence-electron chi connectivity index (χ4n) is 2.48. The number of rotatable bonds is 8. The van der Waals surface area contributed by atoms with Gasteiger partial charge in [0.1, 0.15) is 5.75 Å². The molecule has 1 aliphatic carbocycles. The highest BCUT2D eigenvalue weighted by molar-refractivity contribution is 5.92. The summed E-state index contributed by atoms with van der Waals surface area (Å²) in [6.07, 6.45) is 4.26. The number of nitrogens with one attached hydrogen (secondary N) is 1. The lowest BCUT2D eigenvalue weighted by atomic mass is 9.91. The first-order chi connectivity index (χ1) is 10.2. The Morgan fingerprint density at radius 2 is 2.10 bits per heavy atom. The predicted molar refractivity (Wildman–Crippen MR) is 82.5 cm³/mol. The average Bonchev–Trinajstić information content (AvgIpc) is 2.43. The van der Waals surface area contributed by atoms with Crippen molar-refractivity contribution in [1.82, 2.24) is 4.90 Å². The predicted octanol–water partition coefficient (Wildman–Crippen LogP) is 1.87. The van der Waals surface area contributed by atoms with Crippen molar-refractivity contribution in [3.8, 4) is 5.75 Å². The first kappa shape index (κ1) is 15.8. The van der Waals surface area contributed by atoms with E-state index in [1.807, 2.05) is 24.3 Å². The van der Waals surface area contributed by atoms with Gasteiger partial charge in [-0.25, -0.2) is 0 Å². The lowest BCUT2D eigenvalue weighted by Gasteiger charge is -2.37. The molecule has 0 unspecified atom stereocenters. The zero-order chi connectivity index (χ0) is 15.1. The molecule has 0 radical (unpaired) electrons. The van der Waals surface area contributed by atoms with Crippen LogP contribution in [0.3, 0.4) is 0 Å². The van der Waals surface area contributed by atoms with Crippen LogP contribution in [0, 0.1) is 0 Å². The van der Waals surface area contributed by atoms with Crippen LogP contribution in [-0.2, 0) is 4.79 Å². The topological polar surface area (TPSA) is 61.8 Å². The molecule has 0 spiro atoms. The Labute approximate surface area is 125 Å². The van der Waals surface area contributed by atoms with Crippen LogP contribution >= 0.6 is 0 Å². The molecule has 1 aliphatic rings. The Morgan fingerprint density at radius 1 is 1.38 bits per heavy atom. The summed E-state index contributed by atoms with van der Waals surface area (Å²) >= 11 is 0. The summed E-state index contributed by atoms with van der Waals surface area (Å²) in [6.45, 7) is 1.33. The summed E-state index contributed by atoms with van der Waals surface area (Å²) in [5.41, 5.74) is 0.775. The lowest BCUT2D eigenvalue weighted by Crippen LogP contribution is -2.45. The van der Waals surface area contributed by atoms with E-state index in [2.05, 4.69) is 10.2 Å². The Morgan fingerprint density at radius 3 is 2.62 bits per heavy atom. The molecule has 1 aromatic rings. The molecule has 0 bridgehead atoms. The van der Waals surface area contributed by atoms with E-state index >= 15 is 0 Å². The van der Waals surface area contributed by atoms with Gasteiger partial charge in [0.25, 0.3) is 0 Å². The van der Waals surface area contributed by atoms with Gasteiger partial charge < -0.3 is 15.2 Å². The van der Waals surface area contributed by atoms with Gasteiger partial charge in [0.05, 0.1) is 13.7 Å². The fourth-order valence-corrected chi connectivity index (χ4v) is 2.48. The molecule has 0 aromatic heterocycles. The zero-order valence-electron chi connectivity index (χ0n) is 12.5. The van der Waals surface area contributed by atoms with Gasteiger partial charge >= 0.3 is 0 Å². The van der Waals surface area contributed by atoms with Crippen molar-refractivity contribution in [3.05, 3.63) is 24.3 Å². The number of benzene rings is 1. The van der Waals surface area contributed by atoms with E-state index < -0.39 is 0 Å². The quantitative estimate of drug-likeness (QED) is 0.768. The molecule has 1 amide bonds. The molecule has 0 heterocycles. The molecule has 1 aromatic carbocycles. The van der Waals surface area contributed by atoms with Crippen LogP contribution in [0.1, 0.15) is 25.7 Å². The van der Waals surface area contributed by atoms with E-state index in [1.54, 1.807) is 7.11 Å². The Hall–Kier alpha value is -1.59. The summed E-state index contributed by atoms with van der Waals surface area (Å²) < 4.78 is 5.09. The van der Waals surface area contributed by atoms with Gasteiger partial charge in [-0.05, 0) is 43.5 Å². The number of ether oxygens (including phenoxy) is 1. The van der Waals surface area contributed by atoms with Crippen molar-refractivity contribution < 1.29 is 14.6 Å². The summed E-state index contributed by atoms with van der Waals surface area (Å²) in [5, 5.41) is 11.9. The largest absolute Gasteiger partial charge is 0.497 e. The molecule has 21 heavy (non-hydrogen) atoms. The number of carbonyl (C=O) groups excluding carboxylic acids is 1. The Kier molecular flexibility index (Phi) is 6.02. The second-order valence-corrected chi connectivity index (χ2v) is 5.41. The van der Waals surface area contributed by atoms with E-state index in [0.29, 0.717) is 19.0 Å². The average molecular weight is 292 g/mol. The zero-order valence-corrected chi connectivity index (χ0v) is 12.5. The summed E-state index contributed by atoms with van der Waals surface area (Å²) in [5.74, 6) is 0.761. The number of aliphatic hydroxyl groups is 1. The van der Waals surface area contributed by atoms with Gasteiger partial charge in [0.2, 0.25) is 5.91 Å². The number of hydrogen-bond acceptors (Lipinski definition) is 4. The maximum atomic E-state index is 12.1. The number of aliphatic hydroxyl groups excluding tert-OH is 1. The molecule has 5 heteroatoms. The van der Waals surface area contributed by atoms with Gasteiger partial charge in [-0.15, -0.1) is 0 Å². The van der Waals surface area contributed by atoms with Crippen LogP contribution in [0.15, 0.2) is 24.3 Å². The van der Waals surface area contributed by atoms with E-state index in [0.717, 1.165) is 30.8 Å². The van der Waals surface area contributed by atoms with Gasteiger partial charge in [-0.3, -0.25) is 9.69 Å². The van der Waals surface area contributed by atoms with Crippen molar-refractivity contribution in [3.63, 3.8) is 0 Å². The minimum Gasteiger partial charge on any atom is -0.497 e. The third-order valence-electron chi connectivity index (χ3n) is 3.92. The minimum atomic E-state index is -0.00925. The second kappa shape index (κ2) is 8.00. The highest BCUT2D eigenvalue weighted by Gasteiger charge is 2.25. The number of amides is 1. The third kappa shape index (κ3) is 4.72. The third-order valence-corrected chi connectivity index (χ3v) is 3.92. The van der Waals surface area contributed by atoms with Crippen LogP contribution in [0.4, 0.5) is 5.69 Å². The minimum absolute atomic E-state index is 0.00925. The lowest BCUT2D eigenvalue weighted by molar-refractivity contribution is -0.118.